The standard InChI is InChI=1S/C18H14O2/c1-13-6-9-18(16(10-13)12-19)20-17-8-7-14-4-2-3-5-15(14)11-17/h2-12H,1H3. The summed E-state index contributed by atoms with van der Waals surface area (Å²) < 4.78 is 5.83. The van der Waals surface area contributed by atoms with Crippen molar-refractivity contribution in [2.75, 3.05) is 0 Å². The van der Waals surface area contributed by atoms with Crippen molar-refractivity contribution in [1.82, 2.24) is 0 Å². The van der Waals surface area contributed by atoms with Gasteiger partial charge in [-0.05, 0) is 42.0 Å². The zero-order chi connectivity index (χ0) is 13.9. The molecular weight excluding hydrogens is 248 g/mol. The normalized spacial score (nSPS) is 10.4. The van der Waals surface area contributed by atoms with Crippen LogP contribution in [0.15, 0.2) is 60.7 Å². The Hall–Kier alpha value is -2.61. The van der Waals surface area contributed by atoms with Crippen LogP contribution < -0.4 is 4.74 Å². The third-order valence-electron chi connectivity index (χ3n) is 3.24. The molecule has 2 nitrogen and oxygen atoms in total. The number of fused-ring (bicyclic) bond motifs is 1. The Balaban J connectivity index is 1.98. The molecule has 3 rings (SSSR count). The molecule has 0 aliphatic rings. The van der Waals surface area contributed by atoms with Gasteiger partial charge in [-0.3, -0.25) is 4.79 Å². The Morgan fingerprint density at radius 2 is 1.70 bits per heavy atom. The van der Waals surface area contributed by atoms with E-state index in [9.17, 15) is 4.79 Å². The van der Waals surface area contributed by atoms with E-state index in [1.54, 1.807) is 0 Å². The number of hydrogen-bond donors (Lipinski definition) is 0. The van der Waals surface area contributed by atoms with E-state index in [2.05, 4.69) is 6.07 Å². The fraction of sp³-hybridized carbons (Fsp3) is 0.0556. The van der Waals surface area contributed by atoms with E-state index in [0.717, 1.165) is 23.0 Å². The minimum Gasteiger partial charge on any atom is -0.457 e. The Morgan fingerprint density at radius 3 is 2.50 bits per heavy atom. The minimum absolute atomic E-state index is 0.568. The summed E-state index contributed by atoms with van der Waals surface area (Å²) in [5.41, 5.74) is 1.61. The van der Waals surface area contributed by atoms with Crippen molar-refractivity contribution in [2.24, 2.45) is 0 Å². The van der Waals surface area contributed by atoms with Crippen LogP contribution in [0.1, 0.15) is 15.9 Å². The summed E-state index contributed by atoms with van der Waals surface area (Å²) in [5.74, 6) is 1.32. The van der Waals surface area contributed by atoms with Gasteiger partial charge in [-0.2, -0.15) is 0 Å². The highest BCUT2D eigenvalue weighted by Crippen LogP contribution is 2.28. The molecule has 2 heteroatoms. The predicted molar refractivity (Wildman–Crippen MR) is 80.6 cm³/mol. The average Bonchev–Trinajstić information content (AvgIpc) is 2.49. The van der Waals surface area contributed by atoms with Crippen LogP contribution in [-0.2, 0) is 0 Å². The molecule has 0 aromatic heterocycles. The van der Waals surface area contributed by atoms with Crippen molar-refractivity contribution in [2.45, 2.75) is 6.92 Å². The molecule has 0 saturated heterocycles. The van der Waals surface area contributed by atoms with Crippen LogP contribution in [-0.4, -0.2) is 6.29 Å². The fourth-order valence-electron chi connectivity index (χ4n) is 2.21. The Morgan fingerprint density at radius 1 is 0.900 bits per heavy atom. The van der Waals surface area contributed by atoms with E-state index in [1.165, 1.54) is 5.39 Å². The summed E-state index contributed by atoms with van der Waals surface area (Å²) in [6.07, 6.45) is 0.823. The summed E-state index contributed by atoms with van der Waals surface area (Å²) in [7, 11) is 0. The molecule has 0 spiro atoms. The highest BCUT2D eigenvalue weighted by Gasteiger charge is 2.05. The third kappa shape index (κ3) is 2.41. The summed E-state index contributed by atoms with van der Waals surface area (Å²) in [6, 6.07) is 19.6. The zero-order valence-electron chi connectivity index (χ0n) is 11.2. The summed E-state index contributed by atoms with van der Waals surface area (Å²) in [5, 5.41) is 2.28. The van der Waals surface area contributed by atoms with Crippen molar-refractivity contribution in [1.29, 1.82) is 0 Å². The molecule has 0 N–H and O–H groups in total. The summed E-state index contributed by atoms with van der Waals surface area (Å²) in [6.45, 7) is 1.95. The molecule has 0 atom stereocenters. The lowest BCUT2D eigenvalue weighted by Gasteiger charge is -2.09. The van der Waals surface area contributed by atoms with Crippen molar-refractivity contribution in [3.63, 3.8) is 0 Å². The monoisotopic (exact) mass is 262 g/mol. The Kier molecular flexibility index (Phi) is 3.21. The van der Waals surface area contributed by atoms with Crippen LogP contribution >= 0.6 is 0 Å². The van der Waals surface area contributed by atoms with E-state index in [-0.39, 0.29) is 0 Å². The largest absolute Gasteiger partial charge is 0.457 e. The van der Waals surface area contributed by atoms with E-state index in [1.807, 2.05) is 61.5 Å². The van der Waals surface area contributed by atoms with Gasteiger partial charge >= 0.3 is 0 Å². The van der Waals surface area contributed by atoms with Crippen LogP contribution in [0.3, 0.4) is 0 Å². The second-order valence-electron chi connectivity index (χ2n) is 4.77. The maximum atomic E-state index is 11.1. The highest BCUT2D eigenvalue weighted by atomic mass is 16.5. The van der Waals surface area contributed by atoms with Gasteiger partial charge in [0.15, 0.2) is 6.29 Å². The third-order valence-corrected chi connectivity index (χ3v) is 3.24. The molecule has 0 heterocycles. The number of rotatable bonds is 3. The molecule has 20 heavy (non-hydrogen) atoms. The van der Waals surface area contributed by atoms with Gasteiger partial charge in [-0.1, -0.05) is 42.0 Å². The lowest BCUT2D eigenvalue weighted by Crippen LogP contribution is -1.91. The number of aryl methyl sites for hydroxylation is 1. The number of hydrogen-bond acceptors (Lipinski definition) is 2. The van der Waals surface area contributed by atoms with Crippen molar-refractivity contribution in [3.05, 3.63) is 71.8 Å². The molecular formula is C18H14O2. The number of ether oxygens (including phenoxy) is 1. The summed E-state index contributed by atoms with van der Waals surface area (Å²) in [4.78, 5) is 11.1. The van der Waals surface area contributed by atoms with Gasteiger partial charge in [-0.15, -0.1) is 0 Å². The van der Waals surface area contributed by atoms with Gasteiger partial charge in [0.1, 0.15) is 11.5 Å². The van der Waals surface area contributed by atoms with E-state index in [0.29, 0.717) is 11.3 Å². The lowest BCUT2D eigenvalue weighted by molar-refractivity contribution is 0.112. The molecule has 0 aliphatic heterocycles. The van der Waals surface area contributed by atoms with Crippen molar-refractivity contribution in [3.8, 4) is 11.5 Å². The SMILES string of the molecule is Cc1ccc(Oc2ccc3ccccc3c2)c(C=O)c1. The van der Waals surface area contributed by atoms with Crippen molar-refractivity contribution >= 4 is 17.1 Å². The quantitative estimate of drug-likeness (QED) is 0.636. The van der Waals surface area contributed by atoms with Crippen LogP contribution in [0.5, 0.6) is 11.5 Å². The van der Waals surface area contributed by atoms with E-state index >= 15 is 0 Å². The molecule has 0 aliphatic carbocycles. The molecule has 0 fully saturated rings. The number of carbonyl (C=O) groups excluding carboxylic acids is 1. The first kappa shape index (κ1) is 12.4. The van der Waals surface area contributed by atoms with E-state index in [4.69, 9.17) is 4.74 Å². The fourth-order valence-corrected chi connectivity index (χ4v) is 2.21. The first-order valence-electron chi connectivity index (χ1n) is 6.49. The minimum atomic E-state index is 0.568. The van der Waals surface area contributed by atoms with Gasteiger partial charge in [0.2, 0.25) is 0 Å². The number of carbonyl (C=O) groups is 1. The number of aldehydes is 1. The van der Waals surface area contributed by atoms with Gasteiger partial charge in [-0.25, -0.2) is 0 Å². The predicted octanol–water partition coefficient (Wildman–Crippen LogP) is 4.75. The molecule has 98 valence electrons. The molecule has 3 aromatic rings. The average molecular weight is 262 g/mol. The highest BCUT2D eigenvalue weighted by molar-refractivity contribution is 5.84. The smallest absolute Gasteiger partial charge is 0.153 e. The molecule has 0 unspecified atom stereocenters. The zero-order valence-corrected chi connectivity index (χ0v) is 11.2. The topological polar surface area (TPSA) is 26.3 Å². The van der Waals surface area contributed by atoms with Gasteiger partial charge in [0, 0.05) is 0 Å². The first-order chi connectivity index (χ1) is 9.76. The van der Waals surface area contributed by atoms with Gasteiger partial charge in [0.25, 0.3) is 0 Å². The maximum absolute atomic E-state index is 11.1. The van der Waals surface area contributed by atoms with Crippen LogP contribution in [0.25, 0.3) is 10.8 Å². The molecule has 0 amide bonds. The van der Waals surface area contributed by atoms with Crippen molar-refractivity contribution < 1.29 is 9.53 Å². The Bertz CT molecular complexity index is 775. The first-order valence-corrected chi connectivity index (χ1v) is 6.49. The molecule has 0 saturated carbocycles. The Labute approximate surface area is 117 Å². The maximum Gasteiger partial charge on any atom is 0.153 e. The van der Waals surface area contributed by atoms with Gasteiger partial charge in [0.05, 0.1) is 5.56 Å². The van der Waals surface area contributed by atoms with Crippen LogP contribution in [0.4, 0.5) is 0 Å². The second kappa shape index (κ2) is 5.17. The second-order valence-corrected chi connectivity index (χ2v) is 4.77. The van der Waals surface area contributed by atoms with Crippen LogP contribution in [0, 0.1) is 6.92 Å². The number of benzene rings is 3. The molecule has 3 aromatic carbocycles. The van der Waals surface area contributed by atoms with Crippen LogP contribution in [0.2, 0.25) is 0 Å². The lowest BCUT2D eigenvalue weighted by atomic mass is 10.1. The van der Waals surface area contributed by atoms with E-state index < -0.39 is 0 Å². The summed E-state index contributed by atoms with van der Waals surface area (Å²) >= 11 is 0. The van der Waals surface area contributed by atoms with Gasteiger partial charge < -0.3 is 4.74 Å². The molecule has 0 bridgehead atoms. The molecule has 0 radical (unpaired) electrons.